The average molecular weight is 230 g/mol. The topological polar surface area (TPSA) is 69.1 Å². The van der Waals surface area contributed by atoms with Crippen LogP contribution in [0.15, 0.2) is 29.2 Å². The van der Waals surface area contributed by atoms with Gasteiger partial charge in [0.1, 0.15) is 6.79 Å². The fraction of sp³-hybridized carbons (Fsp3) is 0.111. The lowest BCUT2D eigenvalue weighted by molar-refractivity contribution is -0.0979. The molecular formula is C9H14N2OS2. The van der Waals surface area contributed by atoms with E-state index in [2.05, 4.69) is 43.2 Å². The lowest BCUT2D eigenvalue weighted by atomic mass is 10.2. The Bertz CT molecular complexity index is 237. The van der Waals surface area contributed by atoms with Crippen LogP contribution in [-0.4, -0.2) is 11.9 Å². The summed E-state index contributed by atoms with van der Waals surface area (Å²) in [5.41, 5.74) is 10.5. The fourth-order valence-electron chi connectivity index (χ4n) is 0.545. The molecule has 0 heterocycles. The number of carbonyl (C=O) groups is 1. The van der Waals surface area contributed by atoms with E-state index < -0.39 is 0 Å². The van der Waals surface area contributed by atoms with Crippen molar-refractivity contribution in [3.63, 3.8) is 0 Å². The molecule has 0 saturated carbocycles. The second kappa shape index (κ2) is 10.0. The molecule has 0 fully saturated rings. The third-order valence-electron chi connectivity index (χ3n) is 1.03. The van der Waals surface area contributed by atoms with Crippen molar-refractivity contribution in [2.75, 3.05) is 0 Å². The monoisotopic (exact) mass is 230 g/mol. The Labute approximate surface area is 94.9 Å². The number of nitrogens with two attached hydrogens (primary N) is 2. The van der Waals surface area contributed by atoms with Gasteiger partial charge in [0, 0.05) is 4.90 Å². The van der Waals surface area contributed by atoms with E-state index in [-0.39, 0.29) is 5.11 Å². The first-order chi connectivity index (χ1) is 6.52. The summed E-state index contributed by atoms with van der Waals surface area (Å²) < 4.78 is 0. The van der Waals surface area contributed by atoms with Crippen LogP contribution < -0.4 is 11.5 Å². The number of carbonyl (C=O) groups excluding carboxylic acids is 1. The van der Waals surface area contributed by atoms with Crippen molar-refractivity contribution in [3.05, 3.63) is 29.8 Å². The molecule has 0 saturated heterocycles. The van der Waals surface area contributed by atoms with E-state index in [1.165, 1.54) is 5.56 Å². The molecule has 0 spiro atoms. The second-order valence-electron chi connectivity index (χ2n) is 2.24. The highest BCUT2D eigenvalue weighted by Crippen LogP contribution is 2.05. The molecule has 0 unspecified atom stereocenters. The summed E-state index contributed by atoms with van der Waals surface area (Å²) >= 11 is 8.22. The van der Waals surface area contributed by atoms with Gasteiger partial charge in [-0.15, -0.1) is 12.6 Å². The summed E-state index contributed by atoms with van der Waals surface area (Å²) in [5.74, 6) is 0. The van der Waals surface area contributed by atoms with Crippen molar-refractivity contribution in [2.45, 2.75) is 11.8 Å². The number of hydrogen-bond acceptors (Lipinski definition) is 3. The standard InChI is InChI=1S/C7H8S.CH4N2S.CH2O/c1-6-2-4-7(8)5-3-6;2-1(3)4;1-2/h2-5,8H,1H3;(H4,2,3,4);1H2. The predicted molar refractivity (Wildman–Crippen MR) is 66.5 cm³/mol. The van der Waals surface area contributed by atoms with Gasteiger partial charge in [-0.1, -0.05) is 17.7 Å². The molecule has 0 aliphatic heterocycles. The third kappa shape index (κ3) is 13.5. The Morgan fingerprint density at radius 2 is 1.57 bits per heavy atom. The quantitative estimate of drug-likeness (QED) is 0.464. The van der Waals surface area contributed by atoms with E-state index in [1.807, 2.05) is 31.1 Å². The van der Waals surface area contributed by atoms with Gasteiger partial charge < -0.3 is 16.3 Å². The minimum Gasteiger partial charge on any atom is -0.377 e. The Balaban J connectivity index is 0. The van der Waals surface area contributed by atoms with Crippen LogP contribution in [0.4, 0.5) is 0 Å². The first-order valence-electron chi connectivity index (χ1n) is 3.62. The van der Waals surface area contributed by atoms with Crippen LogP contribution in [0.2, 0.25) is 0 Å². The Hall–Kier alpha value is -1.07. The van der Waals surface area contributed by atoms with E-state index in [4.69, 9.17) is 4.79 Å². The van der Waals surface area contributed by atoms with Crippen LogP contribution >= 0.6 is 24.8 Å². The number of rotatable bonds is 0. The fourth-order valence-corrected chi connectivity index (χ4v) is 0.694. The first-order valence-corrected chi connectivity index (χ1v) is 4.47. The Morgan fingerprint density at radius 3 is 1.79 bits per heavy atom. The van der Waals surface area contributed by atoms with Gasteiger partial charge in [-0.2, -0.15) is 0 Å². The van der Waals surface area contributed by atoms with Gasteiger partial charge in [0.25, 0.3) is 0 Å². The van der Waals surface area contributed by atoms with Gasteiger partial charge in [0.2, 0.25) is 0 Å². The molecule has 1 aromatic rings. The van der Waals surface area contributed by atoms with Crippen molar-refractivity contribution < 1.29 is 4.79 Å². The van der Waals surface area contributed by atoms with Gasteiger partial charge in [0.15, 0.2) is 5.11 Å². The zero-order chi connectivity index (χ0) is 11.6. The highest BCUT2D eigenvalue weighted by molar-refractivity contribution is 7.80. The molecule has 14 heavy (non-hydrogen) atoms. The molecule has 1 aromatic carbocycles. The molecule has 0 atom stereocenters. The number of aryl methyl sites for hydroxylation is 1. The Kier molecular flexibility index (Phi) is 11.0. The van der Waals surface area contributed by atoms with Crippen LogP contribution in [0.25, 0.3) is 0 Å². The minimum atomic E-state index is 0.000000000000000222. The molecule has 0 amide bonds. The van der Waals surface area contributed by atoms with Crippen LogP contribution in [0.1, 0.15) is 5.56 Å². The van der Waals surface area contributed by atoms with E-state index in [1.54, 1.807) is 0 Å². The molecule has 0 aliphatic rings. The zero-order valence-electron chi connectivity index (χ0n) is 7.93. The predicted octanol–water partition coefficient (Wildman–Crippen LogP) is 1.29. The number of hydrogen-bond donors (Lipinski definition) is 3. The smallest absolute Gasteiger partial charge is 0.160 e. The van der Waals surface area contributed by atoms with Crippen LogP contribution in [0.5, 0.6) is 0 Å². The van der Waals surface area contributed by atoms with Gasteiger partial charge in [0.05, 0.1) is 0 Å². The van der Waals surface area contributed by atoms with Crippen molar-refractivity contribution in [3.8, 4) is 0 Å². The zero-order valence-corrected chi connectivity index (χ0v) is 9.65. The molecule has 0 aromatic heterocycles. The van der Waals surface area contributed by atoms with Crippen molar-refractivity contribution in [1.82, 2.24) is 0 Å². The van der Waals surface area contributed by atoms with E-state index in [9.17, 15) is 0 Å². The number of benzene rings is 1. The largest absolute Gasteiger partial charge is 0.377 e. The van der Waals surface area contributed by atoms with Gasteiger partial charge in [-0.3, -0.25) is 0 Å². The van der Waals surface area contributed by atoms with Gasteiger partial charge in [-0.05, 0) is 31.3 Å². The highest BCUT2D eigenvalue weighted by atomic mass is 32.1. The van der Waals surface area contributed by atoms with Crippen molar-refractivity contribution >= 4 is 36.7 Å². The van der Waals surface area contributed by atoms with E-state index >= 15 is 0 Å². The highest BCUT2D eigenvalue weighted by Gasteiger charge is 1.80. The maximum atomic E-state index is 8.00. The van der Waals surface area contributed by atoms with Crippen molar-refractivity contribution in [1.29, 1.82) is 0 Å². The average Bonchev–Trinajstić information content (AvgIpc) is 2.13. The molecule has 0 bridgehead atoms. The van der Waals surface area contributed by atoms with Crippen LogP contribution in [0, 0.1) is 6.92 Å². The molecule has 0 aliphatic carbocycles. The maximum absolute atomic E-state index is 8.00. The van der Waals surface area contributed by atoms with Gasteiger partial charge in [-0.25, -0.2) is 0 Å². The minimum absolute atomic E-state index is 0.000000000000000222. The molecule has 4 N–H and O–H groups in total. The molecule has 3 nitrogen and oxygen atoms in total. The third-order valence-corrected chi connectivity index (χ3v) is 1.33. The lowest BCUT2D eigenvalue weighted by Gasteiger charge is -1.89. The lowest BCUT2D eigenvalue weighted by Crippen LogP contribution is -2.18. The Morgan fingerprint density at radius 1 is 1.29 bits per heavy atom. The van der Waals surface area contributed by atoms with Gasteiger partial charge >= 0.3 is 0 Å². The molecular weight excluding hydrogens is 216 g/mol. The molecule has 5 heteroatoms. The summed E-state index contributed by atoms with van der Waals surface area (Å²) in [6.45, 7) is 4.06. The summed E-state index contributed by atoms with van der Waals surface area (Å²) in [6, 6.07) is 8.06. The number of thiol groups is 1. The van der Waals surface area contributed by atoms with Crippen LogP contribution in [0.3, 0.4) is 0 Å². The van der Waals surface area contributed by atoms with Crippen molar-refractivity contribution in [2.24, 2.45) is 11.5 Å². The van der Waals surface area contributed by atoms with E-state index in [0.29, 0.717) is 0 Å². The summed E-state index contributed by atoms with van der Waals surface area (Å²) in [7, 11) is 0. The summed E-state index contributed by atoms with van der Waals surface area (Å²) in [4.78, 5) is 9.02. The maximum Gasteiger partial charge on any atom is 0.160 e. The second-order valence-corrected chi connectivity index (χ2v) is 3.23. The first kappa shape index (κ1) is 15.4. The molecule has 0 radical (unpaired) electrons. The molecule has 1 rings (SSSR count). The normalized spacial score (nSPS) is 7.29. The molecule has 78 valence electrons. The number of thiocarbonyl (C=S) groups is 1. The van der Waals surface area contributed by atoms with Crippen LogP contribution in [-0.2, 0) is 4.79 Å². The van der Waals surface area contributed by atoms with E-state index in [0.717, 1.165) is 4.90 Å². The summed E-state index contributed by atoms with van der Waals surface area (Å²) in [6.07, 6.45) is 0. The SMILES string of the molecule is C=O.Cc1ccc(S)cc1.NC(N)=S. The summed E-state index contributed by atoms with van der Waals surface area (Å²) in [5, 5.41) is 0.000000000000000222.